The number of H-pyrrole nitrogens is 1. The molecule has 0 amide bonds. The zero-order valence-electron chi connectivity index (χ0n) is 6.35. The molecular weight excluding hydrogens is 128 g/mol. The summed E-state index contributed by atoms with van der Waals surface area (Å²) in [4.78, 5) is 0. The van der Waals surface area contributed by atoms with Crippen molar-refractivity contribution in [1.82, 2.24) is 10.2 Å². The summed E-state index contributed by atoms with van der Waals surface area (Å²) in [5.41, 5.74) is 1.14. The first kappa shape index (κ1) is 7.12. The average molecular weight is 140 g/mol. The third kappa shape index (κ3) is 1.50. The van der Waals surface area contributed by atoms with Crippen molar-refractivity contribution in [2.45, 2.75) is 19.8 Å². The third-order valence-electron chi connectivity index (χ3n) is 1.34. The zero-order valence-corrected chi connectivity index (χ0v) is 6.35. The fourth-order valence-electron chi connectivity index (χ4n) is 0.842. The Hall–Kier alpha value is -0.990. The van der Waals surface area contributed by atoms with Gasteiger partial charge in [-0.25, -0.2) is 0 Å². The quantitative estimate of drug-likeness (QED) is 0.688. The SMILES string of the molecule is CCCc1cc(OC)n[nH]1. The van der Waals surface area contributed by atoms with E-state index in [1.165, 1.54) is 0 Å². The number of nitrogens with zero attached hydrogens (tertiary/aromatic N) is 1. The molecule has 1 rings (SSSR count). The highest BCUT2D eigenvalue weighted by atomic mass is 16.5. The molecule has 0 saturated carbocycles. The Morgan fingerprint density at radius 3 is 3.00 bits per heavy atom. The van der Waals surface area contributed by atoms with E-state index in [1.54, 1.807) is 7.11 Å². The van der Waals surface area contributed by atoms with Gasteiger partial charge < -0.3 is 4.74 Å². The number of aromatic nitrogens is 2. The van der Waals surface area contributed by atoms with Crippen molar-refractivity contribution in [2.75, 3.05) is 7.11 Å². The molecule has 1 aromatic heterocycles. The van der Waals surface area contributed by atoms with Crippen LogP contribution in [0.15, 0.2) is 6.07 Å². The molecule has 0 spiro atoms. The van der Waals surface area contributed by atoms with Crippen LogP contribution >= 0.6 is 0 Å². The zero-order chi connectivity index (χ0) is 7.40. The summed E-state index contributed by atoms with van der Waals surface area (Å²) in [7, 11) is 1.62. The van der Waals surface area contributed by atoms with Crippen molar-refractivity contribution in [3.8, 4) is 5.88 Å². The highest BCUT2D eigenvalue weighted by molar-refractivity contribution is 5.13. The van der Waals surface area contributed by atoms with E-state index < -0.39 is 0 Å². The highest BCUT2D eigenvalue weighted by Crippen LogP contribution is 2.07. The molecule has 1 heterocycles. The number of rotatable bonds is 3. The molecular formula is C7H12N2O. The predicted molar refractivity (Wildman–Crippen MR) is 39.1 cm³/mol. The summed E-state index contributed by atoms with van der Waals surface area (Å²) >= 11 is 0. The number of hydrogen-bond acceptors (Lipinski definition) is 2. The molecule has 1 N–H and O–H groups in total. The monoisotopic (exact) mass is 140 g/mol. The Balaban J connectivity index is 2.59. The Bertz CT molecular complexity index is 195. The maximum atomic E-state index is 4.90. The molecule has 0 fully saturated rings. The first-order valence-corrected chi connectivity index (χ1v) is 3.45. The minimum absolute atomic E-state index is 0.670. The Labute approximate surface area is 60.4 Å². The maximum absolute atomic E-state index is 4.90. The minimum atomic E-state index is 0.670. The van der Waals surface area contributed by atoms with Crippen molar-refractivity contribution < 1.29 is 4.74 Å². The predicted octanol–water partition coefficient (Wildman–Crippen LogP) is 1.37. The fraction of sp³-hybridized carbons (Fsp3) is 0.571. The molecule has 3 nitrogen and oxygen atoms in total. The molecule has 10 heavy (non-hydrogen) atoms. The highest BCUT2D eigenvalue weighted by Gasteiger charge is 1.97. The van der Waals surface area contributed by atoms with Crippen LogP contribution in [0.2, 0.25) is 0 Å². The van der Waals surface area contributed by atoms with Gasteiger partial charge in [0.1, 0.15) is 0 Å². The van der Waals surface area contributed by atoms with Gasteiger partial charge in [0, 0.05) is 11.8 Å². The maximum Gasteiger partial charge on any atom is 0.232 e. The van der Waals surface area contributed by atoms with Crippen LogP contribution in [0.1, 0.15) is 19.0 Å². The van der Waals surface area contributed by atoms with Gasteiger partial charge >= 0.3 is 0 Å². The van der Waals surface area contributed by atoms with Gasteiger partial charge in [0.05, 0.1) is 7.11 Å². The largest absolute Gasteiger partial charge is 0.480 e. The molecule has 0 radical (unpaired) electrons. The van der Waals surface area contributed by atoms with Gasteiger partial charge in [0.15, 0.2) is 0 Å². The lowest BCUT2D eigenvalue weighted by Gasteiger charge is -1.87. The number of methoxy groups -OCH3 is 1. The molecule has 0 aliphatic carbocycles. The number of aromatic amines is 1. The first-order valence-electron chi connectivity index (χ1n) is 3.45. The lowest BCUT2D eigenvalue weighted by atomic mass is 10.3. The lowest BCUT2D eigenvalue weighted by molar-refractivity contribution is 0.397. The molecule has 0 bridgehead atoms. The van der Waals surface area contributed by atoms with E-state index in [4.69, 9.17) is 4.74 Å². The molecule has 0 aliphatic heterocycles. The third-order valence-corrected chi connectivity index (χ3v) is 1.34. The van der Waals surface area contributed by atoms with E-state index >= 15 is 0 Å². The van der Waals surface area contributed by atoms with Crippen LogP contribution < -0.4 is 4.74 Å². The van der Waals surface area contributed by atoms with Gasteiger partial charge in [-0.3, -0.25) is 5.10 Å². The van der Waals surface area contributed by atoms with Crippen LogP contribution in [-0.2, 0) is 6.42 Å². The molecule has 56 valence electrons. The summed E-state index contributed by atoms with van der Waals surface area (Å²) in [5.74, 6) is 0.670. The molecule has 1 aromatic rings. The van der Waals surface area contributed by atoms with Crippen molar-refractivity contribution in [3.63, 3.8) is 0 Å². The van der Waals surface area contributed by atoms with E-state index in [0.29, 0.717) is 5.88 Å². The van der Waals surface area contributed by atoms with Crippen LogP contribution in [0.5, 0.6) is 5.88 Å². The van der Waals surface area contributed by atoms with E-state index in [2.05, 4.69) is 17.1 Å². The van der Waals surface area contributed by atoms with E-state index in [-0.39, 0.29) is 0 Å². The first-order chi connectivity index (χ1) is 4.86. The molecule has 0 atom stereocenters. The summed E-state index contributed by atoms with van der Waals surface area (Å²) in [5, 5.41) is 6.79. The minimum Gasteiger partial charge on any atom is -0.480 e. The second-order valence-electron chi connectivity index (χ2n) is 2.19. The van der Waals surface area contributed by atoms with Crippen molar-refractivity contribution >= 4 is 0 Å². The Kier molecular flexibility index (Phi) is 2.31. The number of aryl methyl sites for hydroxylation is 1. The van der Waals surface area contributed by atoms with Gasteiger partial charge in [-0.05, 0) is 6.42 Å². The molecule has 0 aromatic carbocycles. The van der Waals surface area contributed by atoms with Gasteiger partial charge in [-0.2, -0.15) is 0 Å². The molecule has 0 aliphatic rings. The topological polar surface area (TPSA) is 37.9 Å². The van der Waals surface area contributed by atoms with Crippen molar-refractivity contribution in [2.24, 2.45) is 0 Å². The second-order valence-corrected chi connectivity index (χ2v) is 2.19. The van der Waals surface area contributed by atoms with Crippen LogP contribution in [0.25, 0.3) is 0 Å². The number of nitrogens with one attached hydrogen (secondary N) is 1. The second kappa shape index (κ2) is 3.25. The van der Waals surface area contributed by atoms with E-state index in [9.17, 15) is 0 Å². The molecule has 0 saturated heterocycles. The Morgan fingerprint density at radius 1 is 1.70 bits per heavy atom. The summed E-state index contributed by atoms with van der Waals surface area (Å²) in [6.07, 6.45) is 2.17. The van der Waals surface area contributed by atoms with E-state index in [0.717, 1.165) is 18.5 Å². The summed E-state index contributed by atoms with van der Waals surface area (Å²) in [6.45, 7) is 2.13. The molecule has 3 heteroatoms. The standard InChI is InChI=1S/C7H12N2O/c1-3-4-6-5-7(10-2)9-8-6/h5H,3-4H2,1-2H3,(H,8,9). The lowest BCUT2D eigenvalue weighted by Crippen LogP contribution is -1.80. The molecule has 0 unspecified atom stereocenters. The van der Waals surface area contributed by atoms with Gasteiger partial charge in [-0.1, -0.05) is 13.3 Å². The summed E-state index contributed by atoms with van der Waals surface area (Å²) < 4.78 is 4.90. The fourth-order valence-corrected chi connectivity index (χ4v) is 0.842. The smallest absolute Gasteiger partial charge is 0.232 e. The number of hydrogen-bond donors (Lipinski definition) is 1. The van der Waals surface area contributed by atoms with Gasteiger partial charge in [0.25, 0.3) is 0 Å². The van der Waals surface area contributed by atoms with Gasteiger partial charge in [0.2, 0.25) is 5.88 Å². The average Bonchev–Trinajstić information content (AvgIpc) is 2.37. The van der Waals surface area contributed by atoms with Crippen LogP contribution in [0, 0.1) is 0 Å². The van der Waals surface area contributed by atoms with Crippen LogP contribution in [0.4, 0.5) is 0 Å². The van der Waals surface area contributed by atoms with Crippen LogP contribution in [0.3, 0.4) is 0 Å². The van der Waals surface area contributed by atoms with Crippen LogP contribution in [-0.4, -0.2) is 17.3 Å². The summed E-state index contributed by atoms with van der Waals surface area (Å²) in [6, 6.07) is 1.92. The normalized spacial score (nSPS) is 9.80. The van der Waals surface area contributed by atoms with E-state index in [1.807, 2.05) is 6.07 Å². The number of ether oxygens (including phenoxy) is 1. The van der Waals surface area contributed by atoms with Crippen molar-refractivity contribution in [3.05, 3.63) is 11.8 Å². The van der Waals surface area contributed by atoms with Gasteiger partial charge in [-0.15, -0.1) is 5.10 Å². The Morgan fingerprint density at radius 2 is 2.50 bits per heavy atom. The van der Waals surface area contributed by atoms with Crippen molar-refractivity contribution in [1.29, 1.82) is 0 Å².